The fourth-order valence-electron chi connectivity index (χ4n) is 3.89. The van der Waals surface area contributed by atoms with Crippen LogP contribution in [0.4, 0.5) is 0 Å². The molecule has 1 atom stereocenters. The maximum atomic E-state index is 13.8. The Morgan fingerprint density at radius 2 is 2.03 bits per heavy atom. The number of fused-ring (bicyclic) bond motifs is 3. The van der Waals surface area contributed by atoms with Crippen molar-refractivity contribution in [3.63, 3.8) is 0 Å². The molecule has 158 valence electrons. The summed E-state index contributed by atoms with van der Waals surface area (Å²) in [6.07, 6.45) is 4.26. The number of nitrogens with one attached hydrogen (secondary N) is 1. The van der Waals surface area contributed by atoms with Gasteiger partial charge >= 0.3 is 0 Å². The van der Waals surface area contributed by atoms with Crippen LogP contribution in [0.5, 0.6) is 0 Å². The van der Waals surface area contributed by atoms with Crippen molar-refractivity contribution in [3.8, 4) is 5.69 Å². The summed E-state index contributed by atoms with van der Waals surface area (Å²) in [5, 5.41) is 3.86. The Hall–Kier alpha value is -2.12. The van der Waals surface area contributed by atoms with Gasteiger partial charge in [0.2, 0.25) is 5.91 Å². The first-order valence-corrected chi connectivity index (χ1v) is 12.2. The Kier molecular flexibility index (Phi) is 6.02. The van der Waals surface area contributed by atoms with Crippen LogP contribution in [0, 0.1) is 13.8 Å². The van der Waals surface area contributed by atoms with Gasteiger partial charge in [-0.2, -0.15) is 0 Å². The maximum absolute atomic E-state index is 13.8. The highest BCUT2D eigenvalue weighted by molar-refractivity contribution is 8.00. The van der Waals surface area contributed by atoms with E-state index in [9.17, 15) is 9.59 Å². The van der Waals surface area contributed by atoms with Crippen LogP contribution in [0.25, 0.3) is 15.9 Å². The van der Waals surface area contributed by atoms with Crippen LogP contribution in [-0.2, 0) is 17.6 Å². The average molecular weight is 442 g/mol. The van der Waals surface area contributed by atoms with Crippen molar-refractivity contribution in [1.82, 2.24) is 14.9 Å². The quantitative estimate of drug-likeness (QED) is 0.466. The average Bonchev–Trinajstić information content (AvgIpc) is 3.09. The molecule has 1 unspecified atom stereocenters. The van der Waals surface area contributed by atoms with Gasteiger partial charge in [0.25, 0.3) is 5.56 Å². The Morgan fingerprint density at radius 3 is 2.77 bits per heavy atom. The number of thioether (sulfide) groups is 1. The first kappa shape index (κ1) is 21.1. The summed E-state index contributed by atoms with van der Waals surface area (Å²) in [7, 11) is 0. The van der Waals surface area contributed by atoms with E-state index in [2.05, 4.69) is 12.2 Å². The molecule has 7 heteroatoms. The van der Waals surface area contributed by atoms with E-state index >= 15 is 0 Å². The third-order valence-corrected chi connectivity index (χ3v) is 7.95. The summed E-state index contributed by atoms with van der Waals surface area (Å²) in [5.74, 6) is -0.0473. The monoisotopic (exact) mass is 441 g/mol. The van der Waals surface area contributed by atoms with E-state index in [0.29, 0.717) is 11.7 Å². The molecule has 30 heavy (non-hydrogen) atoms. The second-order valence-corrected chi connectivity index (χ2v) is 10.2. The molecule has 4 rings (SSSR count). The predicted molar refractivity (Wildman–Crippen MR) is 125 cm³/mol. The van der Waals surface area contributed by atoms with Gasteiger partial charge in [0.05, 0.1) is 16.3 Å². The minimum Gasteiger partial charge on any atom is -0.355 e. The fraction of sp³-hybridized carbons (Fsp3) is 0.435. The lowest BCUT2D eigenvalue weighted by atomic mass is 9.97. The van der Waals surface area contributed by atoms with Crippen molar-refractivity contribution < 1.29 is 4.79 Å². The van der Waals surface area contributed by atoms with E-state index in [1.165, 1.54) is 34.2 Å². The number of benzene rings is 1. The first-order valence-electron chi connectivity index (χ1n) is 10.5. The van der Waals surface area contributed by atoms with Gasteiger partial charge in [0, 0.05) is 11.4 Å². The molecule has 2 heterocycles. The topological polar surface area (TPSA) is 64.0 Å². The van der Waals surface area contributed by atoms with E-state index in [0.717, 1.165) is 40.7 Å². The molecule has 5 nitrogen and oxygen atoms in total. The first-order chi connectivity index (χ1) is 14.4. The molecule has 0 saturated heterocycles. The van der Waals surface area contributed by atoms with Crippen LogP contribution in [-0.4, -0.2) is 27.3 Å². The Labute approximate surface area is 184 Å². The molecule has 1 aliphatic rings. The normalized spacial score (nSPS) is 14.5. The number of aryl methyl sites for hydroxylation is 4. The number of carbonyl (C=O) groups excluding carboxylic acids is 1. The summed E-state index contributed by atoms with van der Waals surface area (Å²) >= 11 is 2.99. The molecule has 0 radical (unpaired) electrons. The Balaban J connectivity index is 1.92. The lowest BCUT2D eigenvalue weighted by Gasteiger charge is -2.17. The molecule has 0 fully saturated rings. The number of thiophene rings is 1. The molecule has 0 spiro atoms. The van der Waals surface area contributed by atoms with Gasteiger partial charge in [0.1, 0.15) is 4.83 Å². The standard InChI is InChI=1S/C23H27N3O2S2/c1-5-24-20(27)15(4)29-23-25-21-19(17-8-6-7-9-18(17)30-21)22(28)26(23)16-11-10-13(2)14(3)12-16/h10-12,15H,5-9H2,1-4H3,(H,24,27). The maximum Gasteiger partial charge on any atom is 0.267 e. The summed E-state index contributed by atoms with van der Waals surface area (Å²) in [6.45, 7) is 8.45. The molecule has 0 bridgehead atoms. The number of hydrogen-bond acceptors (Lipinski definition) is 5. The minimum absolute atomic E-state index is 0.0201. The van der Waals surface area contributed by atoms with Crippen LogP contribution in [0.1, 0.15) is 48.3 Å². The number of hydrogen-bond donors (Lipinski definition) is 1. The molecule has 2 aromatic heterocycles. The van der Waals surface area contributed by atoms with Crippen molar-refractivity contribution in [3.05, 3.63) is 50.1 Å². The third-order valence-electron chi connectivity index (χ3n) is 5.71. The molecule has 1 aliphatic carbocycles. The van der Waals surface area contributed by atoms with Gasteiger partial charge in [-0.25, -0.2) is 4.98 Å². The molecule has 3 aromatic rings. The summed E-state index contributed by atoms with van der Waals surface area (Å²) in [6, 6.07) is 6.03. The van der Waals surface area contributed by atoms with E-state index in [-0.39, 0.29) is 16.7 Å². The second-order valence-electron chi connectivity index (χ2n) is 7.85. The molecule has 1 aromatic carbocycles. The number of carbonyl (C=O) groups is 1. The highest BCUT2D eigenvalue weighted by atomic mass is 32.2. The van der Waals surface area contributed by atoms with Crippen molar-refractivity contribution in [1.29, 1.82) is 0 Å². The number of aromatic nitrogens is 2. The van der Waals surface area contributed by atoms with E-state index in [4.69, 9.17) is 4.98 Å². The zero-order chi connectivity index (χ0) is 21.4. The SMILES string of the molecule is CCNC(=O)C(C)Sc1nc2sc3c(c2c(=O)n1-c1ccc(C)c(C)c1)CCCC3. The minimum atomic E-state index is -0.346. The van der Waals surface area contributed by atoms with Crippen molar-refractivity contribution in [2.24, 2.45) is 0 Å². The van der Waals surface area contributed by atoms with Gasteiger partial charge in [-0.15, -0.1) is 11.3 Å². The molecular weight excluding hydrogens is 414 g/mol. The second kappa shape index (κ2) is 8.55. The zero-order valence-corrected chi connectivity index (χ0v) is 19.5. The van der Waals surface area contributed by atoms with Gasteiger partial charge in [-0.1, -0.05) is 17.8 Å². The van der Waals surface area contributed by atoms with Crippen LogP contribution in [0.15, 0.2) is 28.2 Å². The number of rotatable bonds is 5. The summed E-state index contributed by atoms with van der Waals surface area (Å²) < 4.78 is 1.71. The van der Waals surface area contributed by atoms with E-state index in [1.54, 1.807) is 15.9 Å². The van der Waals surface area contributed by atoms with Gasteiger partial charge < -0.3 is 5.32 Å². The van der Waals surface area contributed by atoms with Crippen LogP contribution in [0.3, 0.4) is 0 Å². The Morgan fingerprint density at radius 1 is 1.27 bits per heavy atom. The smallest absolute Gasteiger partial charge is 0.267 e. The molecule has 0 saturated carbocycles. The lowest BCUT2D eigenvalue weighted by molar-refractivity contribution is -0.120. The molecular formula is C23H27N3O2S2. The van der Waals surface area contributed by atoms with Crippen LogP contribution < -0.4 is 10.9 Å². The summed E-state index contributed by atoms with van der Waals surface area (Å²) in [5.41, 5.74) is 4.27. The van der Waals surface area contributed by atoms with Crippen LogP contribution in [0.2, 0.25) is 0 Å². The Bertz CT molecular complexity index is 1180. The molecule has 1 N–H and O–H groups in total. The number of nitrogens with zero attached hydrogens (tertiary/aromatic N) is 2. The highest BCUT2D eigenvalue weighted by Crippen LogP contribution is 2.36. The highest BCUT2D eigenvalue weighted by Gasteiger charge is 2.25. The van der Waals surface area contributed by atoms with Crippen molar-refractivity contribution in [2.75, 3.05) is 6.54 Å². The fourth-order valence-corrected chi connectivity index (χ4v) is 6.14. The van der Waals surface area contributed by atoms with Crippen molar-refractivity contribution >= 4 is 39.2 Å². The molecule has 1 amide bonds. The zero-order valence-electron chi connectivity index (χ0n) is 17.9. The van der Waals surface area contributed by atoms with Gasteiger partial charge in [-0.3, -0.25) is 14.2 Å². The number of amides is 1. The summed E-state index contributed by atoms with van der Waals surface area (Å²) in [4.78, 5) is 33.1. The largest absolute Gasteiger partial charge is 0.355 e. The van der Waals surface area contributed by atoms with E-state index < -0.39 is 0 Å². The molecule has 0 aliphatic heterocycles. The van der Waals surface area contributed by atoms with Gasteiger partial charge in [0.15, 0.2) is 5.16 Å². The predicted octanol–water partition coefficient (Wildman–Crippen LogP) is 4.56. The van der Waals surface area contributed by atoms with Gasteiger partial charge in [-0.05, 0) is 82.2 Å². The van der Waals surface area contributed by atoms with Crippen molar-refractivity contribution in [2.45, 2.75) is 63.8 Å². The third kappa shape index (κ3) is 3.81. The van der Waals surface area contributed by atoms with Crippen LogP contribution >= 0.6 is 23.1 Å². The van der Waals surface area contributed by atoms with E-state index in [1.807, 2.05) is 39.0 Å². The lowest BCUT2D eigenvalue weighted by Crippen LogP contribution is -2.31.